The van der Waals surface area contributed by atoms with Crippen molar-refractivity contribution in [3.63, 3.8) is 0 Å². The van der Waals surface area contributed by atoms with E-state index in [1.54, 1.807) is 0 Å². The van der Waals surface area contributed by atoms with Gasteiger partial charge in [0, 0.05) is 25.8 Å². The molecule has 0 bridgehead atoms. The minimum Gasteiger partial charge on any atom is -0.350 e. The molecule has 0 radical (unpaired) electrons. The molecular weight excluding hydrogens is 308 g/mol. The van der Waals surface area contributed by atoms with Gasteiger partial charge in [-0.25, -0.2) is 4.79 Å². The summed E-state index contributed by atoms with van der Waals surface area (Å²) in [7, 11) is 0. The molecule has 1 aliphatic rings. The second kappa shape index (κ2) is 6.84. The van der Waals surface area contributed by atoms with Crippen molar-refractivity contribution < 1.29 is 4.79 Å². The molecule has 3 rings (SSSR count). The molecule has 0 fully saturated rings. The number of carbonyl (C=O) groups excluding carboxylic acids is 1. The predicted octanol–water partition coefficient (Wildman–Crippen LogP) is 0.126. The highest BCUT2D eigenvalue weighted by atomic mass is 16.2. The summed E-state index contributed by atoms with van der Waals surface area (Å²) >= 11 is 0. The molecule has 1 aromatic carbocycles. The zero-order valence-electron chi connectivity index (χ0n) is 13.5. The number of aromatic amines is 2. The van der Waals surface area contributed by atoms with E-state index in [0.717, 1.165) is 19.5 Å². The number of nitrogens with zero attached hydrogens (tertiary/aromatic N) is 1. The van der Waals surface area contributed by atoms with Crippen LogP contribution in [0.15, 0.2) is 40.1 Å². The molecule has 0 aliphatic carbocycles. The first kappa shape index (κ1) is 16.2. The standard InChI is InChI=1S/C17H20N4O3/c1-11(21-7-6-12-4-2-3-5-13(12)10-21)15(22)18-8-14-9-19-17(24)20-16(14)23/h2-5,9,11H,6-8,10H2,1H3,(H,18,22)(H2,19,20,23,24)/t11-/m1/s1. The zero-order valence-corrected chi connectivity index (χ0v) is 13.5. The molecule has 0 saturated heterocycles. The van der Waals surface area contributed by atoms with Crippen LogP contribution in [0.2, 0.25) is 0 Å². The maximum Gasteiger partial charge on any atom is 0.325 e. The van der Waals surface area contributed by atoms with E-state index in [1.807, 2.05) is 19.1 Å². The van der Waals surface area contributed by atoms with Gasteiger partial charge in [-0.05, 0) is 24.5 Å². The number of amides is 1. The number of H-pyrrole nitrogens is 2. The number of fused-ring (bicyclic) bond motifs is 1. The molecule has 0 unspecified atom stereocenters. The number of hydrogen-bond donors (Lipinski definition) is 3. The van der Waals surface area contributed by atoms with Gasteiger partial charge in [0.15, 0.2) is 0 Å². The summed E-state index contributed by atoms with van der Waals surface area (Å²) < 4.78 is 0. The summed E-state index contributed by atoms with van der Waals surface area (Å²) in [6, 6.07) is 7.97. The molecular formula is C17H20N4O3. The van der Waals surface area contributed by atoms with Crippen LogP contribution in [0.25, 0.3) is 0 Å². The lowest BCUT2D eigenvalue weighted by Crippen LogP contribution is -2.47. The van der Waals surface area contributed by atoms with Crippen molar-refractivity contribution in [3.05, 3.63) is 68.0 Å². The van der Waals surface area contributed by atoms with Crippen LogP contribution < -0.4 is 16.6 Å². The van der Waals surface area contributed by atoms with Crippen LogP contribution in [0.3, 0.4) is 0 Å². The summed E-state index contributed by atoms with van der Waals surface area (Å²) in [6.45, 7) is 3.51. The van der Waals surface area contributed by atoms with Gasteiger partial charge in [0.2, 0.25) is 5.91 Å². The maximum atomic E-state index is 12.4. The molecule has 0 spiro atoms. The molecule has 126 valence electrons. The topological polar surface area (TPSA) is 98.1 Å². The Morgan fingerprint density at radius 1 is 1.29 bits per heavy atom. The zero-order chi connectivity index (χ0) is 17.1. The molecule has 2 aromatic rings. The van der Waals surface area contributed by atoms with Gasteiger partial charge in [-0.15, -0.1) is 0 Å². The average molecular weight is 328 g/mol. The Bertz CT molecular complexity index is 855. The highest BCUT2D eigenvalue weighted by Gasteiger charge is 2.25. The van der Waals surface area contributed by atoms with Gasteiger partial charge in [-0.3, -0.25) is 19.5 Å². The predicted molar refractivity (Wildman–Crippen MR) is 89.5 cm³/mol. The SMILES string of the molecule is C[C@H](C(=O)NCc1c[nH]c(=O)[nH]c1=O)N1CCc2ccccc2C1. The molecule has 1 aromatic heterocycles. The van der Waals surface area contributed by atoms with Crippen LogP contribution in [0.1, 0.15) is 23.6 Å². The lowest BCUT2D eigenvalue weighted by molar-refractivity contribution is -0.126. The van der Waals surface area contributed by atoms with Crippen LogP contribution in [0.4, 0.5) is 0 Å². The highest BCUT2D eigenvalue weighted by molar-refractivity contribution is 5.81. The Hall–Kier alpha value is -2.67. The molecule has 7 nitrogen and oxygen atoms in total. The lowest BCUT2D eigenvalue weighted by Gasteiger charge is -2.32. The molecule has 24 heavy (non-hydrogen) atoms. The number of rotatable bonds is 4. The van der Waals surface area contributed by atoms with E-state index in [1.165, 1.54) is 17.3 Å². The summed E-state index contributed by atoms with van der Waals surface area (Å²) in [4.78, 5) is 41.6. The normalized spacial score (nSPS) is 15.5. The summed E-state index contributed by atoms with van der Waals surface area (Å²) in [5, 5.41) is 2.76. The van der Waals surface area contributed by atoms with Crippen molar-refractivity contribution in [2.24, 2.45) is 0 Å². The van der Waals surface area contributed by atoms with E-state index in [9.17, 15) is 14.4 Å². The number of hydrogen-bond acceptors (Lipinski definition) is 4. The smallest absolute Gasteiger partial charge is 0.325 e. The van der Waals surface area contributed by atoms with Crippen LogP contribution in [-0.2, 0) is 24.3 Å². The van der Waals surface area contributed by atoms with Gasteiger partial charge in [-0.1, -0.05) is 24.3 Å². The van der Waals surface area contributed by atoms with E-state index < -0.39 is 11.2 Å². The van der Waals surface area contributed by atoms with Crippen molar-refractivity contribution in [1.29, 1.82) is 0 Å². The van der Waals surface area contributed by atoms with E-state index >= 15 is 0 Å². The van der Waals surface area contributed by atoms with E-state index in [2.05, 4.69) is 32.3 Å². The van der Waals surface area contributed by atoms with Gasteiger partial charge in [0.1, 0.15) is 0 Å². The third kappa shape index (κ3) is 3.46. The first-order chi connectivity index (χ1) is 11.5. The largest absolute Gasteiger partial charge is 0.350 e. The second-order valence-corrected chi connectivity index (χ2v) is 5.98. The molecule has 3 N–H and O–H groups in total. The van der Waals surface area contributed by atoms with Crippen molar-refractivity contribution >= 4 is 5.91 Å². The van der Waals surface area contributed by atoms with Crippen LogP contribution >= 0.6 is 0 Å². The van der Waals surface area contributed by atoms with Gasteiger partial charge in [-0.2, -0.15) is 0 Å². The minimum absolute atomic E-state index is 0.0830. The van der Waals surface area contributed by atoms with Gasteiger partial charge in [0.25, 0.3) is 5.56 Å². The Kier molecular flexibility index (Phi) is 4.61. The summed E-state index contributed by atoms with van der Waals surface area (Å²) in [5.41, 5.74) is 1.86. The fourth-order valence-electron chi connectivity index (χ4n) is 2.91. The molecule has 1 aliphatic heterocycles. The van der Waals surface area contributed by atoms with Crippen LogP contribution in [0, 0.1) is 0 Å². The molecule has 7 heteroatoms. The third-order valence-electron chi connectivity index (χ3n) is 4.44. The molecule has 1 atom stereocenters. The fourth-order valence-corrected chi connectivity index (χ4v) is 2.91. The monoisotopic (exact) mass is 328 g/mol. The van der Waals surface area contributed by atoms with E-state index in [-0.39, 0.29) is 18.5 Å². The Balaban J connectivity index is 1.61. The van der Waals surface area contributed by atoms with Crippen molar-refractivity contribution in [3.8, 4) is 0 Å². The highest BCUT2D eigenvalue weighted by Crippen LogP contribution is 2.20. The summed E-state index contributed by atoms with van der Waals surface area (Å²) in [6.07, 6.45) is 2.25. The Morgan fingerprint density at radius 2 is 2.04 bits per heavy atom. The number of aromatic nitrogens is 2. The number of benzene rings is 1. The lowest BCUT2D eigenvalue weighted by atomic mass is 9.99. The van der Waals surface area contributed by atoms with E-state index in [4.69, 9.17) is 0 Å². The first-order valence-corrected chi connectivity index (χ1v) is 7.94. The average Bonchev–Trinajstić information content (AvgIpc) is 2.59. The van der Waals surface area contributed by atoms with Gasteiger partial charge >= 0.3 is 5.69 Å². The Labute approximate surface area is 138 Å². The van der Waals surface area contributed by atoms with Crippen LogP contribution in [0.5, 0.6) is 0 Å². The van der Waals surface area contributed by atoms with Crippen molar-refractivity contribution in [1.82, 2.24) is 20.2 Å². The van der Waals surface area contributed by atoms with Gasteiger partial charge in [0.05, 0.1) is 11.6 Å². The van der Waals surface area contributed by atoms with Crippen molar-refractivity contribution in [2.45, 2.75) is 32.5 Å². The van der Waals surface area contributed by atoms with E-state index in [0.29, 0.717) is 5.56 Å². The van der Waals surface area contributed by atoms with Crippen molar-refractivity contribution in [2.75, 3.05) is 6.54 Å². The maximum absolute atomic E-state index is 12.4. The first-order valence-electron chi connectivity index (χ1n) is 7.94. The molecule has 0 saturated carbocycles. The fraction of sp³-hybridized carbons (Fsp3) is 0.353. The second-order valence-electron chi connectivity index (χ2n) is 5.98. The molecule has 1 amide bonds. The number of nitrogens with one attached hydrogen (secondary N) is 3. The van der Waals surface area contributed by atoms with Gasteiger partial charge < -0.3 is 10.3 Å². The number of carbonyl (C=O) groups is 1. The van der Waals surface area contributed by atoms with Crippen LogP contribution in [-0.4, -0.2) is 33.4 Å². The molecule has 2 heterocycles. The summed E-state index contributed by atoms with van der Waals surface area (Å²) in [5.74, 6) is -0.139. The minimum atomic E-state index is -0.560. The third-order valence-corrected chi connectivity index (χ3v) is 4.44. The Morgan fingerprint density at radius 3 is 2.79 bits per heavy atom. The quantitative estimate of drug-likeness (QED) is 0.743.